The second-order valence-corrected chi connectivity index (χ2v) is 1.49. The third-order valence-corrected chi connectivity index (χ3v) is 0.759. The summed E-state index contributed by atoms with van der Waals surface area (Å²) < 4.78 is 9.03. The fraction of sp³-hybridized carbons (Fsp3) is 0.667. The molecule has 0 aliphatic carbocycles. The lowest BCUT2D eigenvalue weighted by atomic mass is 10.5. The number of carbonyl (C=O) groups is 1. The third kappa shape index (κ3) is 5.06. The van der Waals surface area contributed by atoms with Crippen molar-refractivity contribution < 1.29 is 14.3 Å². The molecular formula is C6H9NO3. The predicted molar refractivity (Wildman–Crippen MR) is 32.8 cm³/mol. The van der Waals surface area contributed by atoms with E-state index in [0.29, 0.717) is 6.42 Å². The molecule has 0 bridgehead atoms. The number of carbonyl (C=O) groups excluding carboxylic acids is 1. The Labute approximate surface area is 59.3 Å². The van der Waals surface area contributed by atoms with Crippen molar-refractivity contribution in [1.82, 2.24) is 0 Å². The van der Waals surface area contributed by atoms with Crippen LogP contribution in [-0.2, 0) is 14.3 Å². The Morgan fingerprint density at radius 1 is 1.70 bits per heavy atom. The maximum atomic E-state index is 10.4. The smallest absolute Gasteiger partial charge is 0.307 e. The Bertz CT molecular complexity index is 138. The van der Waals surface area contributed by atoms with Gasteiger partial charge in [0.25, 0.3) is 0 Å². The molecule has 0 saturated carbocycles. The highest BCUT2D eigenvalue weighted by Gasteiger charge is 1.95. The van der Waals surface area contributed by atoms with E-state index in [2.05, 4.69) is 9.47 Å². The number of ether oxygens (including phenoxy) is 2. The van der Waals surface area contributed by atoms with Crippen LogP contribution >= 0.6 is 0 Å². The predicted octanol–water partition coefficient (Wildman–Crippen LogP) is 0.437. The summed E-state index contributed by atoms with van der Waals surface area (Å²) in [5, 5.41) is 7.97. The normalized spacial score (nSPS) is 8.40. The van der Waals surface area contributed by atoms with Gasteiger partial charge in [0.15, 0.2) is 6.79 Å². The van der Waals surface area contributed by atoms with E-state index in [9.17, 15) is 4.79 Å². The van der Waals surface area contributed by atoms with Crippen LogP contribution in [0.25, 0.3) is 0 Å². The molecule has 10 heavy (non-hydrogen) atoms. The standard InChI is InChI=1S/C6H9NO3/c1-2-6(8)10-5-9-4-3-7/h2,4-5H2,1H3. The van der Waals surface area contributed by atoms with Gasteiger partial charge >= 0.3 is 5.97 Å². The number of nitrogens with zero attached hydrogens (tertiary/aromatic N) is 1. The van der Waals surface area contributed by atoms with Crippen molar-refractivity contribution in [3.8, 4) is 6.07 Å². The van der Waals surface area contributed by atoms with Gasteiger partial charge < -0.3 is 9.47 Å². The summed E-state index contributed by atoms with van der Waals surface area (Å²) in [7, 11) is 0. The summed E-state index contributed by atoms with van der Waals surface area (Å²) in [4.78, 5) is 10.4. The molecule has 0 aliphatic heterocycles. The quantitative estimate of drug-likeness (QED) is 0.325. The molecule has 56 valence electrons. The van der Waals surface area contributed by atoms with E-state index in [1.54, 1.807) is 13.0 Å². The average Bonchev–Trinajstić information content (AvgIpc) is 1.98. The Balaban J connectivity index is 3.05. The van der Waals surface area contributed by atoms with Crippen molar-refractivity contribution in [2.45, 2.75) is 13.3 Å². The second-order valence-electron chi connectivity index (χ2n) is 1.49. The fourth-order valence-corrected chi connectivity index (χ4v) is 0.297. The van der Waals surface area contributed by atoms with Crippen molar-refractivity contribution in [2.24, 2.45) is 0 Å². The number of hydrogen-bond acceptors (Lipinski definition) is 4. The zero-order valence-electron chi connectivity index (χ0n) is 5.79. The van der Waals surface area contributed by atoms with Crippen LogP contribution in [0.2, 0.25) is 0 Å². The molecule has 0 fully saturated rings. The van der Waals surface area contributed by atoms with Crippen LogP contribution in [0, 0.1) is 11.3 Å². The zero-order valence-corrected chi connectivity index (χ0v) is 5.79. The van der Waals surface area contributed by atoms with Crippen LogP contribution in [0.5, 0.6) is 0 Å². The van der Waals surface area contributed by atoms with Crippen molar-refractivity contribution >= 4 is 5.97 Å². The maximum Gasteiger partial charge on any atom is 0.307 e. The molecule has 0 aromatic carbocycles. The van der Waals surface area contributed by atoms with Crippen LogP contribution in [-0.4, -0.2) is 19.4 Å². The Kier molecular flexibility index (Phi) is 5.39. The highest BCUT2D eigenvalue weighted by atomic mass is 16.7. The molecule has 0 atom stereocenters. The van der Waals surface area contributed by atoms with Gasteiger partial charge in [-0.25, -0.2) is 0 Å². The van der Waals surface area contributed by atoms with Crippen LogP contribution in [0.15, 0.2) is 0 Å². The van der Waals surface area contributed by atoms with Gasteiger partial charge in [-0.3, -0.25) is 4.79 Å². The minimum Gasteiger partial charge on any atom is -0.438 e. The second kappa shape index (κ2) is 6.05. The Morgan fingerprint density at radius 3 is 2.90 bits per heavy atom. The fourth-order valence-electron chi connectivity index (χ4n) is 0.297. The highest BCUT2D eigenvalue weighted by molar-refractivity contribution is 5.68. The molecule has 0 amide bonds. The van der Waals surface area contributed by atoms with Crippen LogP contribution in [0.3, 0.4) is 0 Å². The van der Waals surface area contributed by atoms with E-state index >= 15 is 0 Å². The first-order valence-electron chi connectivity index (χ1n) is 2.91. The van der Waals surface area contributed by atoms with Crippen LogP contribution in [0.4, 0.5) is 0 Å². The van der Waals surface area contributed by atoms with E-state index in [0.717, 1.165) is 0 Å². The molecule has 0 N–H and O–H groups in total. The SMILES string of the molecule is CCC(=O)OCOCC#N. The van der Waals surface area contributed by atoms with Crippen molar-refractivity contribution in [2.75, 3.05) is 13.4 Å². The van der Waals surface area contributed by atoms with Gasteiger partial charge in [0.1, 0.15) is 6.61 Å². The van der Waals surface area contributed by atoms with Gasteiger partial charge in [-0.15, -0.1) is 0 Å². The van der Waals surface area contributed by atoms with Crippen molar-refractivity contribution in [3.05, 3.63) is 0 Å². The molecular weight excluding hydrogens is 134 g/mol. The van der Waals surface area contributed by atoms with Crippen molar-refractivity contribution in [3.63, 3.8) is 0 Å². The first kappa shape index (κ1) is 8.92. The van der Waals surface area contributed by atoms with E-state index in [4.69, 9.17) is 5.26 Å². The third-order valence-electron chi connectivity index (χ3n) is 0.759. The van der Waals surface area contributed by atoms with Gasteiger partial charge in [0.2, 0.25) is 0 Å². The van der Waals surface area contributed by atoms with E-state index in [-0.39, 0.29) is 19.4 Å². The summed E-state index contributed by atoms with van der Waals surface area (Å²) in [6.07, 6.45) is 0.329. The first-order chi connectivity index (χ1) is 4.81. The molecule has 0 spiro atoms. The van der Waals surface area contributed by atoms with Gasteiger partial charge in [0.05, 0.1) is 6.07 Å². The summed E-state index contributed by atoms with van der Waals surface area (Å²) in [6, 6.07) is 1.75. The number of rotatable bonds is 4. The Morgan fingerprint density at radius 2 is 2.40 bits per heavy atom. The minimum atomic E-state index is -0.321. The summed E-state index contributed by atoms with van der Waals surface area (Å²) in [5.74, 6) is -0.321. The lowest BCUT2D eigenvalue weighted by molar-refractivity contribution is -0.154. The number of esters is 1. The monoisotopic (exact) mass is 143 g/mol. The number of hydrogen-bond donors (Lipinski definition) is 0. The maximum absolute atomic E-state index is 10.4. The molecule has 0 aromatic heterocycles. The summed E-state index contributed by atoms with van der Waals surface area (Å²) in [5.41, 5.74) is 0. The highest BCUT2D eigenvalue weighted by Crippen LogP contribution is 1.83. The molecule has 4 nitrogen and oxygen atoms in total. The van der Waals surface area contributed by atoms with Crippen molar-refractivity contribution in [1.29, 1.82) is 5.26 Å². The van der Waals surface area contributed by atoms with E-state index < -0.39 is 0 Å². The first-order valence-corrected chi connectivity index (χ1v) is 2.91. The molecule has 4 heteroatoms. The summed E-state index contributed by atoms with van der Waals surface area (Å²) in [6.45, 7) is 1.52. The molecule has 0 radical (unpaired) electrons. The zero-order chi connectivity index (χ0) is 7.82. The average molecular weight is 143 g/mol. The van der Waals surface area contributed by atoms with E-state index in [1.807, 2.05) is 0 Å². The van der Waals surface area contributed by atoms with E-state index in [1.165, 1.54) is 0 Å². The molecule has 0 aromatic rings. The van der Waals surface area contributed by atoms with Gasteiger partial charge in [-0.1, -0.05) is 6.92 Å². The van der Waals surface area contributed by atoms with Crippen LogP contribution in [0.1, 0.15) is 13.3 Å². The van der Waals surface area contributed by atoms with Crippen LogP contribution < -0.4 is 0 Å². The molecule has 0 heterocycles. The molecule has 0 unspecified atom stereocenters. The van der Waals surface area contributed by atoms with Gasteiger partial charge in [0, 0.05) is 6.42 Å². The van der Waals surface area contributed by atoms with Gasteiger partial charge in [-0.05, 0) is 0 Å². The lowest BCUT2D eigenvalue weighted by Crippen LogP contribution is -2.06. The number of nitriles is 1. The van der Waals surface area contributed by atoms with Gasteiger partial charge in [-0.2, -0.15) is 5.26 Å². The largest absolute Gasteiger partial charge is 0.438 e. The summed E-state index contributed by atoms with van der Waals surface area (Å²) >= 11 is 0. The molecule has 0 aliphatic rings. The topological polar surface area (TPSA) is 59.3 Å². The Hall–Kier alpha value is -1.08. The lowest BCUT2D eigenvalue weighted by Gasteiger charge is -1.99. The molecule has 0 rings (SSSR count). The minimum absolute atomic E-state index is 0.0446. The molecule has 0 saturated heterocycles.